The normalized spacial score (nSPS) is 59.4. The first kappa shape index (κ1) is 4.72. The molecular formula is C6H5ClO2. The molecule has 2 fully saturated rings. The van der Waals surface area contributed by atoms with Gasteiger partial charge in [-0.2, -0.15) is 0 Å². The van der Waals surface area contributed by atoms with Gasteiger partial charge >= 0.3 is 0 Å². The van der Waals surface area contributed by atoms with E-state index in [2.05, 4.69) is 0 Å². The summed E-state index contributed by atoms with van der Waals surface area (Å²) in [6.45, 7) is 0. The van der Waals surface area contributed by atoms with Crippen molar-refractivity contribution in [1.29, 1.82) is 0 Å². The molecule has 0 spiro atoms. The fourth-order valence-electron chi connectivity index (χ4n) is 1.38. The van der Waals surface area contributed by atoms with E-state index in [1.807, 2.05) is 6.08 Å². The molecule has 9 heavy (non-hydrogen) atoms. The van der Waals surface area contributed by atoms with Crippen LogP contribution in [0.25, 0.3) is 0 Å². The lowest BCUT2D eigenvalue weighted by atomic mass is 10.1. The van der Waals surface area contributed by atoms with Gasteiger partial charge in [0.15, 0.2) is 0 Å². The van der Waals surface area contributed by atoms with E-state index in [1.165, 1.54) is 0 Å². The smallest absolute Gasteiger partial charge is 0.122 e. The van der Waals surface area contributed by atoms with E-state index >= 15 is 0 Å². The minimum atomic E-state index is 0.190. The zero-order valence-electron chi connectivity index (χ0n) is 4.58. The largest absolute Gasteiger partial charge is 0.362 e. The summed E-state index contributed by atoms with van der Waals surface area (Å²) in [6.07, 6.45) is 3.06. The summed E-state index contributed by atoms with van der Waals surface area (Å²) in [5.41, 5.74) is 0. The predicted molar refractivity (Wildman–Crippen MR) is 31.3 cm³/mol. The van der Waals surface area contributed by atoms with Crippen LogP contribution in [0.1, 0.15) is 0 Å². The highest BCUT2D eigenvalue weighted by molar-refractivity contribution is 6.30. The fraction of sp³-hybridized carbons (Fsp3) is 0.667. The number of fused-ring (bicyclic) bond motifs is 3. The molecule has 0 aromatic carbocycles. The Balaban J connectivity index is 2.03. The van der Waals surface area contributed by atoms with E-state index in [0.29, 0.717) is 12.2 Å². The number of epoxide rings is 2. The Morgan fingerprint density at radius 2 is 2.22 bits per heavy atom. The quantitative estimate of drug-likeness (QED) is 0.467. The maximum atomic E-state index is 5.79. The first-order valence-corrected chi connectivity index (χ1v) is 3.42. The maximum absolute atomic E-state index is 5.79. The highest BCUT2D eigenvalue weighted by Crippen LogP contribution is 2.48. The fourth-order valence-corrected chi connectivity index (χ4v) is 1.68. The highest BCUT2D eigenvalue weighted by atomic mass is 35.5. The van der Waals surface area contributed by atoms with Crippen molar-refractivity contribution >= 4 is 11.6 Å². The van der Waals surface area contributed by atoms with Crippen LogP contribution in [0, 0.1) is 0 Å². The van der Waals surface area contributed by atoms with Crippen molar-refractivity contribution in [3.63, 3.8) is 0 Å². The second-order valence-corrected chi connectivity index (χ2v) is 3.07. The molecule has 3 aliphatic rings. The topological polar surface area (TPSA) is 25.1 Å². The van der Waals surface area contributed by atoms with E-state index < -0.39 is 0 Å². The molecule has 48 valence electrons. The summed E-state index contributed by atoms with van der Waals surface area (Å²) >= 11 is 5.79. The van der Waals surface area contributed by atoms with Gasteiger partial charge in [-0.3, -0.25) is 0 Å². The molecule has 0 amide bonds. The van der Waals surface area contributed by atoms with Crippen molar-refractivity contribution in [2.45, 2.75) is 24.4 Å². The molecule has 2 aliphatic heterocycles. The SMILES string of the molecule is ClC1=C[C@H]2O[C@H]2[C@H]2O[C@@H]12. The third-order valence-corrected chi connectivity index (χ3v) is 2.35. The van der Waals surface area contributed by atoms with Gasteiger partial charge in [0.25, 0.3) is 0 Å². The van der Waals surface area contributed by atoms with E-state index in [9.17, 15) is 0 Å². The summed E-state index contributed by atoms with van der Waals surface area (Å²) < 4.78 is 10.4. The molecule has 0 aromatic rings. The molecule has 3 rings (SSSR count). The summed E-state index contributed by atoms with van der Waals surface area (Å²) in [6, 6.07) is 0. The van der Waals surface area contributed by atoms with Crippen LogP contribution < -0.4 is 0 Å². The van der Waals surface area contributed by atoms with Gasteiger partial charge in [0.1, 0.15) is 24.4 Å². The van der Waals surface area contributed by atoms with Crippen LogP contribution >= 0.6 is 11.6 Å². The molecule has 1 aliphatic carbocycles. The van der Waals surface area contributed by atoms with Gasteiger partial charge in [-0.15, -0.1) is 0 Å². The van der Waals surface area contributed by atoms with Crippen LogP contribution in [0.5, 0.6) is 0 Å². The first-order valence-electron chi connectivity index (χ1n) is 3.04. The standard InChI is InChI=1S/C6H5ClO2/c7-2-1-3-5(8-3)6-4(2)9-6/h1,3-6H/t3-,4+,5-,6+/m1/s1. The van der Waals surface area contributed by atoms with Crippen molar-refractivity contribution < 1.29 is 9.47 Å². The molecular weight excluding hydrogens is 140 g/mol. The molecule has 2 saturated heterocycles. The molecule has 0 saturated carbocycles. The number of rotatable bonds is 0. The molecule has 0 N–H and O–H groups in total. The minimum Gasteiger partial charge on any atom is -0.362 e. The van der Waals surface area contributed by atoms with Gasteiger partial charge < -0.3 is 9.47 Å². The second kappa shape index (κ2) is 1.19. The van der Waals surface area contributed by atoms with Crippen molar-refractivity contribution in [3.8, 4) is 0 Å². The van der Waals surface area contributed by atoms with Crippen molar-refractivity contribution in [2.75, 3.05) is 0 Å². The van der Waals surface area contributed by atoms with Crippen LogP contribution in [-0.2, 0) is 9.47 Å². The minimum absolute atomic E-state index is 0.190. The average molecular weight is 145 g/mol. The van der Waals surface area contributed by atoms with Gasteiger partial charge in [-0.05, 0) is 6.08 Å². The molecule has 0 aromatic heterocycles. The molecule has 2 nitrogen and oxygen atoms in total. The van der Waals surface area contributed by atoms with Crippen LogP contribution in [0.4, 0.5) is 0 Å². The lowest BCUT2D eigenvalue weighted by Gasteiger charge is -1.93. The Kier molecular flexibility index (Phi) is 0.625. The highest BCUT2D eigenvalue weighted by Gasteiger charge is 2.61. The van der Waals surface area contributed by atoms with Gasteiger partial charge in [-0.1, -0.05) is 11.6 Å². The monoisotopic (exact) mass is 144 g/mol. The Morgan fingerprint density at radius 1 is 1.33 bits per heavy atom. The van der Waals surface area contributed by atoms with Crippen LogP contribution in [0.3, 0.4) is 0 Å². The van der Waals surface area contributed by atoms with Crippen LogP contribution in [0.2, 0.25) is 0 Å². The van der Waals surface area contributed by atoms with Gasteiger partial charge in [-0.25, -0.2) is 0 Å². The van der Waals surface area contributed by atoms with E-state index in [1.54, 1.807) is 0 Å². The van der Waals surface area contributed by atoms with Crippen molar-refractivity contribution in [1.82, 2.24) is 0 Å². The predicted octanol–water partition coefficient (Wildman–Crippen LogP) is 0.657. The Hall–Kier alpha value is -0.0500. The number of hydrogen-bond acceptors (Lipinski definition) is 2. The summed E-state index contributed by atoms with van der Waals surface area (Å²) in [4.78, 5) is 0. The third-order valence-electron chi connectivity index (χ3n) is 2.01. The zero-order valence-corrected chi connectivity index (χ0v) is 5.34. The molecule has 3 heteroatoms. The Labute approximate surface area is 57.4 Å². The van der Waals surface area contributed by atoms with E-state index in [-0.39, 0.29) is 12.2 Å². The van der Waals surface area contributed by atoms with Crippen molar-refractivity contribution in [2.24, 2.45) is 0 Å². The molecule has 0 bridgehead atoms. The van der Waals surface area contributed by atoms with Crippen molar-refractivity contribution in [3.05, 3.63) is 11.1 Å². The molecule has 0 unspecified atom stereocenters. The van der Waals surface area contributed by atoms with Gasteiger partial charge in [0.2, 0.25) is 0 Å². The van der Waals surface area contributed by atoms with Crippen LogP contribution in [-0.4, -0.2) is 24.4 Å². The number of ether oxygens (including phenoxy) is 2. The Morgan fingerprint density at radius 3 is 3.11 bits per heavy atom. The summed E-state index contributed by atoms with van der Waals surface area (Å²) in [5, 5.41) is 0.832. The number of halogens is 1. The van der Waals surface area contributed by atoms with Gasteiger partial charge in [0.05, 0.1) is 0 Å². The molecule has 0 radical (unpaired) electrons. The van der Waals surface area contributed by atoms with Crippen LogP contribution in [0.15, 0.2) is 11.1 Å². The van der Waals surface area contributed by atoms with E-state index in [4.69, 9.17) is 21.1 Å². The van der Waals surface area contributed by atoms with Gasteiger partial charge in [0, 0.05) is 5.03 Å². The third kappa shape index (κ3) is 0.491. The summed E-state index contributed by atoms with van der Waals surface area (Å²) in [5.74, 6) is 0. The zero-order chi connectivity index (χ0) is 6.01. The lowest BCUT2D eigenvalue weighted by Crippen LogP contribution is -2.09. The number of hydrogen-bond donors (Lipinski definition) is 0. The second-order valence-electron chi connectivity index (χ2n) is 2.64. The molecule has 4 atom stereocenters. The summed E-state index contributed by atoms with van der Waals surface area (Å²) in [7, 11) is 0. The van der Waals surface area contributed by atoms with E-state index in [0.717, 1.165) is 5.03 Å². The maximum Gasteiger partial charge on any atom is 0.122 e. The average Bonchev–Trinajstić information content (AvgIpc) is 2.54. The Bertz CT molecular complexity index is 201. The first-order chi connectivity index (χ1) is 4.36. The lowest BCUT2D eigenvalue weighted by molar-refractivity contribution is 0.313. The molecule has 2 heterocycles.